The summed E-state index contributed by atoms with van der Waals surface area (Å²) < 4.78 is 0. The number of rotatable bonds is 3. The lowest BCUT2D eigenvalue weighted by molar-refractivity contribution is 0.0945. The van der Waals surface area contributed by atoms with Gasteiger partial charge in [-0.15, -0.1) is 0 Å². The van der Waals surface area contributed by atoms with Gasteiger partial charge in [0.15, 0.2) is 0 Å². The van der Waals surface area contributed by atoms with Crippen molar-refractivity contribution in [2.75, 3.05) is 0 Å². The number of nitrogens with one attached hydrogen (secondary N) is 1. The standard InChI is InChI=1S/C15H11ClN2O/c16-13-8-4-7-12(9-13)14(10-17)18-15(19)11-5-2-1-3-6-11/h1-9,14H,(H,18,19). The summed E-state index contributed by atoms with van der Waals surface area (Å²) in [6, 6.07) is 17.0. The van der Waals surface area contributed by atoms with Crippen molar-refractivity contribution in [3.63, 3.8) is 0 Å². The zero-order chi connectivity index (χ0) is 13.7. The Bertz CT molecular complexity index is 620. The average molecular weight is 271 g/mol. The first kappa shape index (κ1) is 13.1. The molecule has 0 saturated heterocycles. The Kier molecular flexibility index (Phi) is 4.17. The lowest BCUT2D eigenvalue weighted by Crippen LogP contribution is -2.27. The highest BCUT2D eigenvalue weighted by atomic mass is 35.5. The van der Waals surface area contributed by atoms with Gasteiger partial charge in [-0.1, -0.05) is 41.9 Å². The van der Waals surface area contributed by atoms with E-state index in [4.69, 9.17) is 16.9 Å². The molecular formula is C15H11ClN2O. The number of carbonyl (C=O) groups excluding carboxylic acids is 1. The summed E-state index contributed by atoms with van der Waals surface area (Å²) in [5.41, 5.74) is 1.18. The predicted octanol–water partition coefficient (Wildman–Crippen LogP) is 3.33. The molecule has 94 valence electrons. The molecule has 3 nitrogen and oxygen atoms in total. The molecule has 2 aromatic rings. The van der Waals surface area contributed by atoms with Crippen LogP contribution in [0.5, 0.6) is 0 Å². The normalized spacial score (nSPS) is 11.4. The van der Waals surface area contributed by atoms with Gasteiger partial charge in [0.25, 0.3) is 5.91 Å². The highest BCUT2D eigenvalue weighted by molar-refractivity contribution is 6.30. The Morgan fingerprint density at radius 2 is 1.89 bits per heavy atom. The van der Waals surface area contributed by atoms with Gasteiger partial charge in [0.2, 0.25) is 0 Å². The minimum absolute atomic E-state index is 0.285. The van der Waals surface area contributed by atoms with Gasteiger partial charge in [-0.05, 0) is 29.8 Å². The van der Waals surface area contributed by atoms with Crippen LogP contribution in [-0.2, 0) is 0 Å². The van der Waals surface area contributed by atoms with Crippen molar-refractivity contribution >= 4 is 17.5 Å². The van der Waals surface area contributed by atoms with Crippen LogP contribution in [0.1, 0.15) is 22.0 Å². The molecule has 0 heterocycles. The maximum absolute atomic E-state index is 12.0. The Labute approximate surface area is 116 Å². The van der Waals surface area contributed by atoms with Crippen molar-refractivity contribution < 1.29 is 4.79 Å². The first-order valence-corrected chi connectivity index (χ1v) is 6.09. The molecule has 1 unspecified atom stereocenters. The van der Waals surface area contributed by atoms with Crippen LogP contribution in [0.25, 0.3) is 0 Å². The Hall–Kier alpha value is -2.31. The molecule has 0 bridgehead atoms. The van der Waals surface area contributed by atoms with Crippen molar-refractivity contribution in [1.29, 1.82) is 5.26 Å². The lowest BCUT2D eigenvalue weighted by atomic mass is 10.1. The number of nitrogens with zero attached hydrogens (tertiary/aromatic N) is 1. The van der Waals surface area contributed by atoms with E-state index < -0.39 is 6.04 Å². The first-order chi connectivity index (χ1) is 9.20. The molecule has 0 fully saturated rings. The third-order valence-corrected chi connectivity index (χ3v) is 2.86. The minimum atomic E-state index is -0.716. The van der Waals surface area contributed by atoms with Crippen molar-refractivity contribution in [3.05, 3.63) is 70.7 Å². The van der Waals surface area contributed by atoms with Gasteiger partial charge in [-0.25, -0.2) is 0 Å². The second-order valence-electron chi connectivity index (χ2n) is 3.96. The van der Waals surface area contributed by atoms with E-state index in [1.807, 2.05) is 6.07 Å². The van der Waals surface area contributed by atoms with E-state index in [9.17, 15) is 4.79 Å². The van der Waals surface area contributed by atoms with E-state index in [1.165, 1.54) is 0 Å². The zero-order valence-electron chi connectivity index (χ0n) is 10.0. The fourth-order valence-corrected chi connectivity index (χ4v) is 1.88. The van der Waals surface area contributed by atoms with E-state index in [0.717, 1.165) is 0 Å². The summed E-state index contributed by atoms with van der Waals surface area (Å²) >= 11 is 5.88. The minimum Gasteiger partial charge on any atom is -0.332 e. The van der Waals surface area contributed by atoms with Crippen molar-refractivity contribution in [3.8, 4) is 6.07 Å². The molecule has 0 radical (unpaired) electrons. The van der Waals surface area contributed by atoms with Crippen LogP contribution in [0.2, 0.25) is 5.02 Å². The fraction of sp³-hybridized carbons (Fsp3) is 0.0667. The molecule has 0 spiro atoms. The molecule has 2 aromatic carbocycles. The maximum atomic E-state index is 12.0. The number of nitriles is 1. The molecular weight excluding hydrogens is 260 g/mol. The van der Waals surface area contributed by atoms with Gasteiger partial charge in [0.1, 0.15) is 6.04 Å². The van der Waals surface area contributed by atoms with Crippen molar-refractivity contribution in [1.82, 2.24) is 5.32 Å². The Balaban J connectivity index is 2.17. The van der Waals surface area contributed by atoms with Gasteiger partial charge >= 0.3 is 0 Å². The topological polar surface area (TPSA) is 52.9 Å². The second-order valence-corrected chi connectivity index (χ2v) is 4.39. The van der Waals surface area contributed by atoms with Crippen LogP contribution < -0.4 is 5.32 Å². The zero-order valence-corrected chi connectivity index (χ0v) is 10.8. The van der Waals surface area contributed by atoms with E-state index in [1.54, 1.807) is 48.5 Å². The summed E-state index contributed by atoms with van der Waals surface area (Å²) in [6.07, 6.45) is 0. The van der Waals surface area contributed by atoms with E-state index >= 15 is 0 Å². The first-order valence-electron chi connectivity index (χ1n) is 5.71. The number of hydrogen-bond acceptors (Lipinski definition) is 2. The average Bonchev–Trinajstić information content (AvgIpc) is 2.45. The summed E-state index contributed by atoms with van der Waals surface area (Å²) in [7, 11) is 0. The number of halogens is 1. The van der Waals surface area contributed by atoms with Crippen LogP contribution in [0.4, 0.5) is 0 Å². The van der Waals surface area contributed by atoms with Crippen LogP contribution in [0.15, 0.2) is 54.6 Å². The van der Waals surface area contributed by atoms with Gasteiger partial charge < -0.3 is 5.32 Å². The summed E-state index contributed by atoms with van der Waals surface area (Å²) in [4.78, 5) is 12.0. The van der Waals surface area contributed by atoms with Crippen LogP contribution >= 0.6 is 11.6 Å². The van der Waals surface area contributed by atoms with Crippen molar-refractivity contribution in [2.24, 2.45) is 0 Å². The van der Waals surface area contributed by atoms with Crippen LogP contribution in [0, 0.1) is 11.3 Å². The third kappa shape index (κ3) is 3.34. The molecule has 4 heteroatoms. The lowest BCUT2D eigenvalue weighted by Gasteiger charge is -2.12. The van der Waals surface area contributed by atoms with Gasteiger partial charge in [0, 0.05) is 10.6 Å². The molecule has 0 aliphatic rings. The molecule has 1 amide bonds. The second kappa shape index (κ2) is 6.03. The number of amides is 1. The van der Waals surface area contributed by atoms with Crippen molar-refractivity contribution in [2.45, 2.75) is 6.04 Å². The van der Waals surface area contributed by atoms with Gasteiger partial charge in [0.05, 0.1) is 6.07 Å². The highest BCUT2D eigenvalue weighted by Crippen LogP contribution is 2.17. The molecule has 19 heavy (non-hydrogen) atoms. The quantitative estimate of drug-likeness (QED) is 0.930. The van der Waals surface area contributed by atoms with E-state index in [0.29, 0.717) is 16.1 Å². The molecule has 0 aliphatic carbocycles. The largest absolute Gasteiger partial charge is 0.332 e. The van der Waals surface area contributed by atoms with Crippen LogP contribution in [0.3, 0.4) is 0 Å². The number of benzene rings is 2. The number of carbonyl (C=O) groups is 1. The van der Waals surface area contributed by atoms with Gasteiger partial charge in [-0.2, -0.15) is 5.26 Å². The highest BCUT2D eigenvalue weighted by Gasteiger charge is 2.14. The molecule has 1 N–H and O–H groups in total. The summed E-state index contributed by atoms with van der Waals surface area (Å²) in [5.74, 6) is -0.285. The molecule has 1 atom stereocenters. The number of hydrogen-bond donors (Lipinski definition) is 1. The van der Waals surface area contributed by atoms with E-state index in [-0.39, 0.29) is 5.91 Å². The van der Waals surface area contributed by atoms with Crippen LogP contribution in [-0.4, -0.2) is 5.91 Å². The fourth-order valence-electron chi connectivity index (χ4n) is 1.68. The molecule has 0 aliphatic heterocycles. The predicted molar refractivity (Wildman–Crippen MR) is 73.7 cm³/mol. The Morgan fingerprint density at radius 1 is 1.16 bits per heavy atom. The molecule has 0 aromatic heterocycles. The summed E-state index contributed by atoms with van der Waals surface area (Å²) in [5, 5.41) is 12.4. The van der Waals surface area contributed by atoms with E-state index in [2.05, 4.69) is 11.4 Å². The third-order valence-electron chi connectivity index (χ3n) is 2.62. The van der Waals surface area contributed by atoms with Gasteiger partial charge in [-0.3, -0.25) is 4.79 Å². The maximum Gasteiger partial charge on any atom is 0.252 e. The molecule has 2 rings (SSSR count). The Morgan fingerprint density at radius 3 is 2.53 bits per heavy atom. The smallest absolute Gasteiger partial charge is 0.252 e. The SMILES string of the molecule is N#CC(NC(=O)c1ccccc1)c1cccc(Cl)c1. The molecule has 0 saturated carbocycles. The monoisotopic (exact) mass is 270 g/mol. The summed E-state index contributed by atoms with van der Waals surface area (Å²) in [6.45, 7) is 0.